The topological polar surface area (TPSA) is 54.2 Å². The number of anilines is 2. The maximum atomic E-state index is 5.69. The molecule has 2 rings (SSSR count). The van der Waals surface area contributed by atoms with Crippen LogP contribution in [0.25, 0.3) is 0 Å². The average Bonchev–Trinajstić information content (AvgIpc) is 2.75. The summed E-state index contributed by atoms with van der Waals surface area (Å²) in [5.74, 6) is 0.950. The minimum absolute atomic E-state index is 0.419. The molecule has 0 aromatic carbocycles. The minimum Gasteiger partial charge on any atom is -0.397 e. The van der Waals surface area contributed by atoms with Crippen molar-refractivity contribution < 1.29 is 0 Å². The summed E-state index contributed by atoms with van der Waals surface area (Å²) in [5, 5.41) is 3.46. The lowest BCUT2D eigenvalue weighted by Gasteiger charge is -2.22. The van der Waals surface area contributed by atoms with Crippen molar-refractivity contribution in [2.45, 2.75) is 32.7 Å². The van der Waals surface area contributed by atoms with E-state index in [0.717, 1.165) is 23.6 Å². The van der Waals surface area contributed by atoms with E-state index in [1.165, 1.54) is 25.9 Å². The first-order chi connectivity index (χ1) is 8.15. The number of nitrogen functional groups attached to an aromatic ring is 1. The van der Waals surface area contributed by atoms with Gasteiger partial charge in [0.2, 0.25) is 0 Å². The highest BCUT2D eigenvalue weighted by Crippen LogP contribution is 2.16. The third kappa shape index (κ3) is 3.33. The van der Waals surface area contributed by atoms with Crippen LogP contribution in [-0.4, -0.2) is 35.6 Å². The Balaban J connectivity index is 1.90. The summed E-state index contributed by atoms with van der Waals surface area (Å²) in [5.41, 5.74) is 7.52. The third-order valence-corrected chi connectivity index (χ3v) is 3.21. The van der Waals surface area contributed by atoms with E-state index in [2.05, 4.69) is 22.1 Å². The maximum absolute atomic E-state index is 5.69. The van der Waals surface area contributed by atoms with Gasteiger partial charge in [0.15, 0.2) is 0 Å². The zero-order chi connectivity index (χ0) is 12.3. The number of aromatic nitrogens is 1. The van der Waals surface area contributed by atoms with Crippen molar-refractivity contribution in [3.8, 4) is 0 Å². The molecule has 1 aliphatic rings. The van der Waals surface area contributed by atoms with Crippen LogP contribution in [-0.2, 0) is 0 Å². The first-order valence-corrected chi connectivity index (χ1v) is 6.36. The van der Waals surface area contributed by atoms with Crippen molar-refractivity contribution in [1.82, 2.24) is 9.88 Å². The van der Waals surface area contributed by atoms with Gasteiger partial charge in [-0.05, 0) is 51.4 Å². The SMILES string of the molecule is Cc1cc(N)cnc1NC(C)CN1CCCC1. The molecule has 1 unspecified atom stereocenters. The molecule has 0 radical (unpaired) electrons. The molecule has 0 bridgehead atoms. The fraction of sp³-hybridized carbons (Fsp3) is 0.615. The normalized spacial score (nSPS) is 18.2. The number of likely N-dealkylation sites (tertiary alicyclic amines) is 1. The molecule has 4 heteroatoms. The van der Waals surface area contributed by atoms with Gasteiger partial charge >= 0.3 is 0 Å². The standard InChI is InChI=1S/C13H22N4/c1-10-7-12(14)8-15-13(10)16-11(2)9-17-5-3-4-6-17/h7-8,11H,3-6,9,14H2,1-2H3,(H,15,16). The van der Waals surface area contributed by atoms with Crippen LogP contribution in [0.3, 0.4) is 0 Å². The van der Waals surface area contributed by atoms with Crippen LogP contribution in [0.2, 0.25) is 0 Å². The van der Waals surface area contributed by atoms with Crippen molar-refractivity contribution in [3.63, 3.8) is 0 Å². The number of hydrogen-bond donors (Lipinski definition) is 2. The number of rotatable bonds is 4. The molecule has 3 N–H and O–H groups in total. The van der Waals surface area contributed by atoms with E-state index in [9.17, 15) is 0 Å². The molecular formula is C13H22N4. The second-order valence-electron chi connectivity index (χ2n) is 4.99. The molecule has 94 valence electrons. The van der Waals surface area contributed by atoms with Crippen LogP contribution in [0.4, 0.5) is 11.5 Å². The highest BCUT2D eigenvalue weighted by Gasteiger charge is 2.15. The van der Waals surface area contributed by atoms with Gasteiger partial charge in [0.05, 0.1) is 11.9 Å². The molecule has 0 amide bonds. The van der Waals surface area contributed by atoms with Gasteiger partial charge < -0.3 is 16.0 Å². The van der Waals surface area contributed by atoms with Crippen LogP contribution in [0.1, 0.15) is 25.3 Å². The van der Waals surface area contributed by atoms with E-state index >= 15 is 0 Å². The fourth-order valence-electron chi connectivity index (χ4n) is 2.38. The number of nitrogens with one attached hydrogen (secondary N) is 1. The van der Waals surface area contributed by atoms with Crippen molar-refractivity contribution >= 4 is 11.5 Å². The highest BCUT2D eigenvalue weighted by atomic mass is 15.2. The Morgan fingerprint density at radius 2 is 2.18 bits per heavy atom. The number of pyridine rings is 1. The van der Waals surface area contributed by atoms with E-state index in [4.69, 9.17) is 5.73 Å². The zero-order valence-electron chi connectivity index (χ0n) is 10.7. The van der Waals surface area contributed by atoms with Crippen molar-refractivity contribution in [2.75, 3.05) is 30.7 Å². The fourth-order valence-corrected chi connectivity index (χ4v) is 2.38. The summed E-state index contributed by atoms with van der Waals surface area (Å²) < 4.78 is 0. The number of nitrogens with zero attached hydrogens (tertiary/aromatic N) is 2. The van der Waals surface area contributed by atoms with Gasteiger partial charge in [-0.15, -0.1) is 0 Å². The lowest BCUT2D eigenvalue weighted by Crippen LogP contribution is -2.33. The van der Waals surface area contributed by atoms with Crippen LogP contribution in [0, 0.1) is 6.92 Å². The first-order valence-electron chi connectivity index (χ1n) is 6.36. The molecule has 1 saturated heterocycles. The van der Waals surface area contributed by atoms with Crippen molar-refractivity contribution in [3.05, 3.63) is 17.8 Å². The molecule has 0 aliphatic carbocycles. The Morgan fingerprint density at radius 1 is 1.47 bits per heavy atom. The Labute approximate surface area is 103 Å². The quantitative estimate of drug-likeness (QED) is 0.835. The van der Waals surface area contributed by atoms with Crippen LogP contribution in [0.5, 0.6) is 0 Å². The summed E-state index contributed by atoms with van der Waals surface area (Å²) in [6.07, 6.45) is 4.38. The minimum atomic E-state index is 0.419. The molecule has 2 heterocycles. The largest absolute Gasteiger partial charge is 0.397 e. The number of aryl methyl sites for hydroxylation is 1. The smallest absolute Gasteiger partial charge is 0.129 e. The molecule has 1 aromatic rings. The predicted octanol–water partition coefficient (Wildman–Crippen LogP) is 1.87. The predicted molar refractivity (Wildman–Crippen MR) is 72.1 cm³/mol. The van der Waals surface area contributed by atoms with Crippen molar-refractivity contribution in [1.29, 1.82) is 0 Å². The molecule has 0 spiro atoms. The molecule has 1 atom stereocenters. The van der Waals surface area contributed by atoms with Crippen molar-refractivity contribution in [2.24, 2.45) is 0 Å². The van der Waals surface area contributed by atoms with Crippen LogP contribution >= 0.6 is 0 Å². The van der Waals surface area contributed by atoms with E-state index in [-0.39, 0.29) is 0 Å². The van der Waals surface area contributed by atoms with Gasteiger partial charge in [0, 0.05) is 12.6 Å². The number of nitrogens with two attached hydrogens (primary N) is 1. The summed E-state index contributed by atoms with van der Waals surface area (Å²) in [6, 6.07) is 2.38. The van der Waals surface area contributed by atoms with Gasteiger partial charge in [0.25, 0.3) is 0 Å². The Hall–Kier alpha value is -1.29. The van der Waals surface area contributed by atoms with E-state index in [1.807, 2.05) is 13.0 Å². The maximum Gasteiger partial charge on any atom is 0.129 e. The number of hydrogen-bond acceptors (Lipinski definition) is 4. The van der Waals surface area contributed by atoms with E-state index in [0.29, 0.717) is 6.04 Å². The lowest BCUT2D eigenvalue weighted by atomic mass is 10.2. The summed E-state index contributed by atoms with van der Waals surface area (Å²) in [6.45, 7) is 7.80. The second-order valence-corrected chi connectivity index (χ2v) is 4.99. The summed E-state index contributed by atoms with van der Waals surface area (Å²) >= 11 is 0. The van der Waals surface area contributed by atoms with Gasteiger partial charge in [-0.25, -0.2) is 4.98 Å². The van der Waals surface area contributed by atoms with Gasteiger partial charge in [-0.1, -0.05) is 0 Å². The van der Waals surface area contributed by atoms with Gasteiger partial charge in [-0.3, -0.25) is 0 Å². The molecule has 1 fully saturated rings. The zero-order valence-corrected chi connectivity index (χ0v) is 10.7. The molecule has 0 saturated carbocycles. The molecule has 4 nitrogen and oxygen atoms in total. The monoisotopic (exact) mass is 234 g/mol. The van der Waals surface area contributed by atoms with Gasteiger partial charge in [0.1, 0.15) is 5.82 Å². The second kappa shape index (κ2) is 5.36. The Bertz CT molecular complexity index is 372. The first kappa shape index (κ1) is 12.2. The molecule has 17 heavy (non-hydrogen) atoms. The Kier molecular flexibility index (Phi) is 3.84. The van der Waals surface area contributed by atoms with E-state index in [1.54, 1.807) is 6.20 Å². The summed E-state index contributed by atoms with van der Waals surface area (Å²) in [7, 11) is 0. The molecule has 1 aromatic heterocycles. The average molecular weight is 234 g/mol. The molecular weight excluding hydrogens is 212 g/mol. The highest BCUT2D eigenvalue weighted by molar-refractivity contribution is 5.51. The third-order valence-electron chi connectivity index (χ3n) is 3.21. The van der Waals surface area contributed by atoms with Crippen LogP contribution in [0.15, 0.2) is 12.3 Å². The summed E-state index contributed by atoms with van der Waals surface area (Å²) in [4.78, 5) is 6.84. The van der Waals surface area contributed by atoms with Gasteiger partial charge in [-0.2, -0.15) is 0 Å². The van der Waals surface area contributed by atoms with E-state index < -0.39 is 0 Å². The van der Waals surface area contributed by atoms with Crippen LogP contribution < -0.4 is 11.1 Å². The lowest BCUT2D eigenvalue weighted by molar-refractivity contribution is 0.327. The Morgan fingerprint density at radius 3 is 2.82 bits per heavy atom. The molecule has 1 aliphatic heterocycles.